The summed E-state index contributed by atoms with van der Waals surface area (Å²) in [5.74, 6) is 2.42. The molecule has 0 aromatic carbocycles. The summed E-state index contributed by atoms with van der Waals surface area (Å²) in [5, 5.41) is 5.67. The van der Waals surface area contributed by atoms with Crippen molar-refractivity contribution in [2.45, 2.75) is 45.4 Å². The van der Waals surface area contributed by atoms with Gasteiger partial charge in [-0.1, -0.05) is 19.4 Å². The van der Waals surface area contributed by atoms with Crippen LogP contribution in [0, 0.1) is 5.92 Å². The molecular weight excluding hydrogens is 328 g/mol. The zero-order chi connectivity index (χ0) is 17.5. The lowest BCUT2D eigenvalue weighted by Crippen LogP contribution is -2.41. The third kappa shape index (κ3) is 5.45. The summed E-state index contributed by atoms with van der Waals surface area (Å²) in [6.45, 7) is 12.5. The quantitative estimate of drug-likeness (QED) is 0.619. The highest BCUT2D eigenvalue weighted by Gasteiger charge is 2.27. The van der Waals surface area contributed by atoms with Crippen molar-refractivity contribution < 1.29 is 0 Å². The predicted molar refractivity (Wildman–Crippen MR) is 109 cm³/mol. The topological polar surface area (TPSA) is 30.9 Å². The smallest absolute Gasteiger partial charge is 0.193 e. The van der Waals surface area contributed by atoms with Crippen LogP contribution in [0.25, 0.3) is 0 Å². The molecule has 1 aromatic rings. The number of guanidine groups is 1. The number of piperidine rings is 1. The molecule has 2 fully saturated rings. The number of rotatable bonds is 6. The molecular formula is C20H34N4S. The SMILES string of the molecule is CCNC(=NCC(C)c1cccs1)N1CCC(CN2CCCCC2)C1. The molecule has 0 spiro atoms. The number of likely N-dealkylation sites (tertiary alicyclic amines) is 2. The average Bonchev–Trinajstić information content (AvgIpc) is 3.31. The standard InChI is InChI=1S/C20H34N4S/c1-3-21-20(22-14-17(2)19-8-7-13-25-19)24-12-9-18(16-24)15-23-10-5-4-6-11-23/h7-8,13,17-18H,3-6,9-12,14-16H2,1-2H3,(H,21,22). The van der Waals surface area contributed by atoms with E-state index in [4.69, 9.17) is 4.99 Å². The molecule has 2 unspecified atom stereocenters. The van der Waals surface area contributed by atoms with Crippen LogP contribution >= 0.6 is 11.3 Å². The minimum absolute atomic E-state index is 0.500. The lowest BCUT2D eigenvalue weighted by Gasteiger charge is -2.29. The summed E-state index contributed by atoms with van der Waals surface area (Å²) in [5.41, 5.74) is 0. The minimum Gasteiger partial charge on any atom is -0.357 e. The van der Waals surface area contributed by atoms with Gasteiger partial charge >= 0.3 is 0 Å². The fourth-order valence-electron chi connectivity index (χ4n) is 3.99. The van der Waals surface area contributed by atoms with Crippen molar-refractivity contribution in [2.24, 2.45) is 10.9 Å². The molecule has 4 nitrogen and oxygen atoms in total. The van der Waals surface area contributed by atoms with E-state index in [0.29, 0.717) is 5.92 Å². The molecule has 3 heterocycles. The first-order valence-electron chi connectivity index (χ1n) is 10.0. The van der Waals surface area contributed by atoms with E-state index in [1.165, 1.54) is 50.2 Å². The zero-order valence-corrected chi connectivity index (χ0v) is 16.7. The molecule has 0 bridgehead atoms. The summed E-state index contributed by atoms with van der Waals surface area (Å²) in [6.07, 6.45) is 5.51. The van der Waals surface area contributed by atoms with Gasteiger partial charge in [0.2, 0.25) is 0 Å². The second-order valence-electron chi connectivity index (χ2n) is 7.57. The molecule has 140 valence electrons. The van der Waals surface area contributed by atoms with Crippen molar-refractivity contribution in [2.75, 3.05) is 45.8 Å². The molecule has 0 aliphatic carbocycles. The van der Waals surface area contributed by atoms with E-state index in [-0.39, 0.29) is 0 Å². The summed E-state index contributed by atoms with van der Waals surface area (Å²) in [4.78, 5) is 11.6. The van der Waals surface area contributed by atoms with Crippen LogP contribution in [0.3, 0.4) is 0 Å². The van der Waals surface area contributed by atoms with E-state index < -0.39 is 0 Å². The van der Waals surface area contributed by atoms with E-state index in [1.54, 1.807) is 0 Å². The molecule has 1 aromatic heterocycles. The second kappa shape index (κ2) is 9.58. The maximum absolute atomic E-state index is 4.96. The third-order valence-corrected chi connectivity index (χ3v) is 6.53. The Hall–Kier alpha value is -1.07. The van der Waals surface area contributed by atoms with Gasteiger partial charge in [0.05, 0.1) is 6.54 Å². The Morgan fingerprint density at radius 2 is 2.16 bits per heavy atom. The molecule has 25 heavy (non-hydrogen) atoms. The van der Waals surface area contributed by atoms with Gasteiger partial charge in [0, 0.05) is 37.0 Å². The number of nitrogens with zero attached hydrogens (tertiary/aromatic N) is 3. The number of aliphatic imine (C=N–C) groups is 1. The number of thiophene rings is 1. The van der Waals surface area contributed by atoms with E-state index in [2.05, 4.69) is 46.5 Å². The van der Waals surface area contributed by atoms with E-state index in [0.717, 1.165) is 38.1 Å². The maximum atomic E-state index is 4.96. The van der Waals surface area contributed by atoms with Crippen LogP contribution in [-0.2, 0) is 0 Å². The van der Waals surface area contributed by atoms with Gasteiger partial charge in [0.25, 0.3) is 0 Å². The van der Waals surface area contributed by atoms with Crippen molar-refractivity contribution in [3.8, 4) is 0 Å². The molecule has 0 saturated carbocycles. The van der Waals surface area contributed by atoms with Gasteiger partial charge in [0.1, 0.15) is 0 Å². The van der Waals surface area contributed by atoms with Crippen molar-refractivity contribution in [3.05, 3.63) is 22.4 Å². The fourth-order valence-corrected chi connectivity index (χ4v) is 4.77. The Labute approximate surface area is 157 Å². The highest BCUT2D eigenvalue weighted by molar-refractivity contribution is 7.10. The van der Waals surface area contributed by atoms with Gasteiger partial charge in [-0.05, 0) is 56.6 Å². The lowest BCUT2D eigenvalue weighted by molar-refractivity contribution is 0.198. The van der Waals surface area contributed by atoms with Crippen LogP contribution in [0.15, 0.2) is 22.5 Å². The van der Waals surface area contributed by atoms with E-state index in [1.807, 2.05) is 11.3 Å². The van der Waals surface area contributed by atoms with Crippen molar-refractivity contribution in [3.63, 3.8) is 0 Å². The number of hydrogen-bond donors (Lipinski definition) is 1. The van der Waals surface area contributed by atoms with Crippen molar-refractivity contribution in [1.29, 1.82) is 0 Å². The number of hydrogen-bond acceptors (Lipinski definition) is 3. The first-order valence-corrected chi connectivity index (χ1v) is 10.9. The minimum atomic E-state index is 0.500. The first kappa shape index (κ1) is 18.7. The Morgan fingerprint density at radius 3 is 2.88 bits per heavy atom. The second-order valence-corrected chi connectivity index (χ2v) is 8.55. The highest BCUT2D eigenvalue weighted by atomic mass is 32.1. The van der Waals surface area contributed by atoms with Crippen LogP contribution < -0.4 is 5.32 Å². The molecule has 0 amide bonds. The summed E-state index contributed by atoms with van der Waals surface area (Å²) in [7, 11) is 0. The van der Waals surface area contributed by atoms with Gasteiger partial charge in [-0.2, -0.15) is 0 Å². The van der Waals surface area contributed by atoms with E-state index >= 15 is 0 Å². The monoisotopic (exact) mass is 362 g/mol. The molecule has 0 radical (unpaired) electrons. The van der Waals surface area contributed by atoms with Gasteiger partial charge in [-0.3, -0.25) is 4.99 Å². The van der Waals surface area contributed by atoms with E-state index in [9.17, 15) is 0 Å². The largest absolute Gasteiger partial charge is 0.357 e. The normalized spacial score (nSPS) is 23.8. The molecule has 2 aliphatic heterocycles. The van der Waals surface area contributed by atoms with Crippen molar-refractivity contribution in [1.82, 2.24) is 15.1 Å². The fraction of sp³-hybridized carbons (Fsp3) is 0.750. The summed E-state index contributed by atoms with van der Waals surface area (Å²) >= 11 is 1.84. The maximum Gasteiger partial charge on any atom is 0.193 e. The third-order valence-electron chi connectivity index (χ3n) is 5.43. The summed E-state index contributed by atoms with van der Waals surface area (Å²) in [6, 6.07) is 4.36. The van der Waals surface area contributed by atoms with Crippen LogP contribution in [0.4, 0.5) is 0 Å². The Morgan fingerprint density at radius 1 is 1.32 bits per heavy atom. The first-order chi connectivity index (χ1) is 12.3. The molecule has 2 atom stereocenters. The Kier molecular flexibility index (Phi) is 7.17. The van der Waals surface area contributed by atoms with Gasteiger partial charge in [0.15, 0.2) is 5.96 Å². The molecule has 1 N–H and O–H groups in total. The van der Waals surface area contributed by atoms with Gasteiger partial charge in [-0.15, -0.1) is 11.3 Å². The predicted octanol–water partition coefficient (Wildman–Crippen LogP) is 3.62. The Balaban J connectivity index is 1.52. The number of nitrogens with one attached hydrogen (secondary N) is 1. The van der Waals surface area contributed by atoms with Crippen LogP contribution in [0.2, 0.25) is 0 Å². The van der Waals surface area contributed by atoms with Crippen LogP contribution in [0.5, 0.6) is 0 Å². The zero-order valence-electron chi connectivity index (χ0n) is 15.9. The average molecular weight is 363 g/mol. The van der Waals surface area contributed by atoms with Crippen molar-refractivity contribution >= 4 is 17.3 Å². The highest BCUT2D eigenvalue weighted by Crippen LogP contribution is 2.22. The molecule has 2 aliphatic rings. The molecule has 5 heteroatoms. The van der Waals surface area contributed by atoms with Crippen LogP contribution in [-0.4, -0.2) is 61.6 Å². The lowest BCUT2D eigenvalue weighted by atomic mass is 10.1. The van der Waals surface area contributed by atoms with Gasteiger partial charge < -0.3 is 15.1 Å². The molecule has 3 rings (SSSR count). The Bertz CT molecular complexity index is 522. The van der Waals surface area contributed by atoms with Crippen LogP contribution in [0.1, 0.15) is 50.3 Å². The summed E-state index contributed by atoms with van der Waals surface area (Å²) < 4.78 is 0. The molecule has 2 saturated heterocycles. The van der Waals surface area contributed by atoms with Gasteiger partial charge in [-0.25, -0.2) is 0 Å².